The van der Waals surface area contributed by atoms with E-state index in [2.05, 4.69) is 6.92 Å². The first kappa shape index (κ1) is 10.5. The van der Waals surface area contributed by atoms with Gasteiger partial charge < -0.3 is 10.5 Å². The molecule has 1 aliphatic heterocycles. The molecule has 76 valence electrons. The molecule has 0 aromatic carbocycles. The molecule has 0 aromatic rings. The molecule has 4 heteroatoms. The predicted molar refractivity (Wildman–Crippen MR) is 50.3 cm³/mol. The van der Waals surface area contributed by atoms with Crippen LogP contribution in [0.5, 0.6) is 0 Å². The normalized spacial score (nSPS) is 18.3. The van der Waals surface area contributed by atoms with E-state index in [1.54, 1.807) is 0 Å². The van der Waals surface area contributed by atoms with Gasteiger partial charge in [0, 0.05) is 19.1 Å². The van der Waals surface area contributed by atoms with Gasteiger partial charge in [0.1, 0.15) is 0 Å². The van der Waals surface area contributed by atoms with Crippen LogP contribution in [0.1, 0.15) is 19.8 Å². The molecule has 1 fully saturated rings. The summed E-state index contributed by atoms with van der Waals surface area (Å²) in [5.74, 6) is -0.125. The second kappa shape index (κ2) is 5.19. The number of hydrogen-bond donors (Lipinski definition) is 1. The quantitative estimate of drug-likeness (QED) is 0.484. The van der Waals surface area contributed by atoms with Gasteiger partial charge in [-0.25, -0.2) is 0 Å². The highest BCUT2D eigenvalue weighted by atomic mass is 16.5. The predicted octanol–water partition coefficient (Wildman–Crippen LogP) is -0.0274. The summed E-state index contributed by atoms with van der Waals surface area (Å²) >= 11 is 0. The van der Waals surface area contributed by atoms with Crippen LogP contribution in [0.2, 0.25) is 0 Å². The Morgan fingerprint density at radius 3 is 2.85 bits per heavy atom. The highest BCUT2D eigenvalue weighted by Gasteiger charge is 2.24. The fourth-order valence-electron chi connectivity index (χ4n) is 1.30. The molecule has 0 unspecified atom stereocenters. The van der Waals surface area contributed by atoms with Crippen LogP contribution in [0.25, 0.3) is 0 Å². The van der Waals surface area contributed by atoms with Gasteiger partial charge in [0.25, 0.3) is 0 Å². The topological polar surface area (TPSA) is 55.6 Å². The third kappa shape index (κ3) is 3.74. The zero-order valence-corrected chi connectivity index (χ0v) is 8.16. The zero-order valence-electron chi connectivity index (χ0n) is 8.16. The van der Waals surface area contributed by atoms with E-state index < -0.39 is 0 Å². The smallest absolute Gasteiger partial charge is 0.320 e. The number of nitrogens with two attached hydrogens (primary N) is 1. The maximum absolute atomic E-state index is 11.1. The van der Waals surface area contributed by atoms with Gasteiger partial charge in [0.15, 0.2) is 0 Å². The number of hydrogen-bond acceptors (Lipinski definition) is 4. The van der Waals surface area contributed by atoms with Crippen LogP contribution >= 0.6 is 0 Å². The maximum Gasteiger partial charge on any atom is 0.320 e. The maximum atomic E-state index is 11.1. The summed E-state index contributed by atoms with van der Waals surface area (Å²) in [5, 5.41) is 0. The van der Waals surface area contributed by atoms with Crippen molar-refractivity contribution in [1.82, 2.24) is 4.90 Å². The largest absolute Gasteiger partial charge is 0.465 e. The third-order valence-corrected chi connectivity index (χ3v) is 2.10. The van der Waals surface area contributed by atoms with Gasteiger partial charge in [-0.1, -0.05) is 13.3 Å². The average molecular weight is 186 g/mol. The Kier molecular flexibility index (Phi) is 4.18. The van der Waals surface area contributed by atoms with Gasteiger partial charge in [-0.3, -0.25) is 9.69 Å². The lowest BCUT2D eigenvalue weighted by molar-refractivity contribution is -0.146. The minimum Gasteiger partial charge on any atom is -0.465 e. The SMILES string of the molecule is CCCCOC(=O)CN1CC(N)C1. The minimum absolute atomic E-state index is 0.125. The van der Waals surface area contributed by atoms with Crippen LogP contribution in [0.3, 0.4) is 0 Å². The Balaban J connectivity index is 1.98. The lowest BCUT2D eigenvalue weighted by Gasteiger charge is -2.35. The molecule has 1 aliphatic rings. The Bertz CT molecular complexity index is 167. The van der Waals surface area contributed by atoms with E-state index in [1.807, 2.05) is 4.90 Å². The van der Waals surface area contributed by atoms with E-state index in [9.17, 15) is 4.79 Å². The fraction of sp³-hybridized carbons (Fsp3) is 0.889. The van der Waals surface area contributed by atoms with Gasteiger partial charge in [0.2, 0.25) is 0 Å². The number of rotatable bonds is 5. The van der Waals surface area contributed by atoms with Crippen molar-refractivity contribution in [3.05, 3.63) is 0 Å². The van der Waals surface area contributed by atoms with Gasteiger partial charge >= 0.3 is 5.97 Å². The number of likely N-dealkylation sites (tertiary alicyclic amines) is 1. The van der Waals surface area contributed by atoms with Crippen molar-refractivity contribution < 1.29 is 9.53 Å². The molecule has 0 amide bonds. The summed E-state index contributed by atoms with van der Waals surface area (Å²) in [6.07, 6.45) is 2.01. The molecule has 0 saturated carbocycles. The van der Waals surface area contributed by atoms with E-state index in [1.165, 1.54) is 0 Å². The van der Waals surface area contributed by atoms with Crippen LogP contribution in [0, 0.1) is 0 Å². The molecule has 0 radical (unpaired) electrons. The fourth-order valence-corrected chi connectivity index (χ4v) is 1.30. The van der Waals surface area contributed by atoms with Crippen molar-refractivity contribution in [2.75, 3.05) is 26.2 Å². The highest BCUT2D eigenvalue weighted by Crippen LogP contribution is 2.04. The minimum atomic E-state index is -0.125. The zero-order chi connectivity index (χ0) is 9.68. The molecule has 13 heavy (non-hydrogen) atoms. The highest BCUT2D eigenvalue weighted by molar-refractivity contribution is 5.71. The lowest BCUT2D eigenvalue weighted by Crippen LogP contribution is -2.57. The molecule has 0 atom stereocenters. The van der Waals surface area contributed by atoms with E-state index in [4.69, 9.17) is 10.5 Å². The third-order valence-electron chi connectivity index (χ3n) is 2.10. The van der Waals surface area contributed by atoms with Crippen molar-refractivity contribution >= 4 is 5.97 Å². The summed E-state index contributed by atoms with van der Waals surface area (Å²) in [7, 11) is 0. The van der Waals surface area contributed by atoms with Crippen LogP contribution < -0.4 is 5.73 Å². The monoisotopic (exact) mass is 186 g/mol. The summed E-state index contributed by atoms with van der Waals surface area (Å²) < 4.78 is 5.00. The summed E-state index contributed by atoms with van der Waals surface area (Å²) in [5.41, 5.74) is 5.57. The van der Waals surface area contributed by atoms with Gasteiger partial charge in [-0.05, 0) is 6.42 Å². The molecular formula is C9H18N2O2. The molecule has 0 bridgehead atoms. The van der Waals surface area contributed by atoms with E-state index in [-0.39, 0.29) is 12.0 Å². The summed E-state index contributed by atoms with van der Waals surface area (Å²) in [6, 6.07) is 0.253. The number of carbonyl (C=O) groups excluding carboxylic acids is 1. The van der Waals surface area contributed by atoms with Crippen molar-refractivity contribution in [3.8, 4) is 0 Å². The Labute approximate surface area is 79.0 Å². The number of esters is 1. The first-order valence-corrected chi connectivity index (χ1v) is 4.86. The molecule has 4 nitrogen and oxygen atoms in total. The number of carbonyl (C=O) groups is 1. The van der Waals surface area contributed by atoms with E-state index in [0.717, 1.165) is 25.9 Å². The van der Waals surface area contributed by atoms with E-state index in [0.29, 0.717) is 13.2 Å². The first-order chi connectivity index (χ1) is 6.22. The van der Waals surface area contributed by atoms with Crippen LogP contribution in [-0.4, -0.2) is 43.2 Å². The van der Waals surface area contributed by atoms with Crippen LogP contribution in [0.4, 0.5) is 0 Å². The van der Waals surface area contributed by atoms with Crippen molar-refractivity contribution in [2.24, 2.45) is 5.73 Å². The van der Waals surface area contributed by atoms with Gasteiger partial charge in [-0.15, -0.1) is 0 Å². The molecule has 0 aromatic heterocycles. The molecule has 0 spiro atoms. The van der Waals surface area contributed by atoms with Gasteiger partial charge in [0.05, 0.1) is 13.2 Å². The molecule has 1 rings (SSSR count). The molecule has 1 heterocycles. The Morgan fingerprint density at radius 2 is 2.31 bits per heavy atom. The van der Waals surface area contributed by atoms with E-state index >= 15 is 0 Å². The molecule has 0 aliphatic carbocycles. The molecule has 2 N–H and O–H groups in total. The van der Waals surface area contributed by atoms with Crippen LogP contribution in [0.15, 0.2) is 0 Å². The molecular weight excluding hydrogens is 168 g/mol. The average Bonchev–Trinajstić information content (AvgIpc) is 2.02. The standard InChI is InChI=1S/C9H18N2O2/c1-2-3-4-13-9(12)7-11-5-8(10)6-11/h8H,2-7,10H2,1H3. The van der Waals surface area contributed by atoms with Crippen molar-refractivity contribution in [2.45, 2.75) is 25.8 Å². The summed E-state index contributed by atoms with van der Waals surface area (Å²) in [6.45, 7) is 4.67. The number of unbranched alkanes of at least 4 members (excludes halogenated alkanes) is 1. The number of ether oxygens (including phenoxy) is 1. The Morgan fingerprint density at radius 1 is 1.62 bits per heavy atom. The Hall–Kier alpha value is -0.610. The molecule has 1 saturated heterocycles. The van der Waals surface area contributed by atoms with Crippen molar-refractivity contribution in [1.29, 1.82) is 0 Å². The van der Waals surface area contributed by atoms with Crippen molar-refractivity contribution in [3.63, 3.8) is 0 Å². The lowest BCUT2D eigenvalue weighted by atomic mass is 10.1. The van der Waals surface area contributed by atoms with Gasteiger partial charge in [-0.2, -0.15) is 0 Å². The first-order valence-electron chi connectivity index (χ1n) is 4.86. The number of nitrogens with zero attached hydrogens (tertiary/aromatic N) is 1. The summed E-state index contributed by atoms with van der Waals surface area (Å²) in [4.78, 5) is 13.1. The second-order valence-corrected chi connectivity index (χ2v) is 3.53. The van der Waals surface area contributed by atoms with Crippen LogP contribution in [-0.2, 0) is 9.53 Å². The second-order valence-electron chi connectivity index (χ2n) is 3.53.